The number of benzene rings is 1. The predicted molar refractivity (Wildman–Crippen MR) is 53.8 cm³/mol. The van der Waals surface area contributed by atoms with E-state index in [9.17, 15) is 9.36 Å². The fourth-order valence-corrected chi connectivity index (χ4v) is 0.983. The Kier molecular flexibility index (Phi) is 6.54. The van der Waals surface area contributed by atoms with E-state index in [1.807, 2.05) is 6.07 Å². The molecule has 1 rings (SSSR count). The molecule has 0 saturated heterocycles. The Morgan fingerprint density at radius 3 is 2.00 bits per heavy atom. The number of carboxylic acid groups (broad SMARTS) is 1. The molecule has 1 aromatic carbocycles. The van der Waals surface area contributed by atoms with Gasteiger partial charge in [-0.2, -0.15) is 4.89 Å². The number of rotatable bonds is 2. The zero-order valence-corrected chi connectivity index (χ0v) is 8.65. The van der Waals surface area contributed by atoms with Crippen LogP contribution in [0.15, 0.2) is 30.3 Å². The lowest BCUT2D eigenvalue weighted by Crippen LogP contribution is -1.91. The highest BCUT2D eigenvalue weighted by atomic mass is 31.1. The summed E-state index contributed by atoms with van der Waals surface area (Å²) < 4.78 is 10.3. The van der Waals surface area contributed by atoms with Gasteiger partial charge in [0.05, 0.1) is 0 Å². The molecule has 0 saturated carbocycles. The third kappa shape index (κ3) is 6.29. The van der Waals surface area contributed by atoms with Crippen LogP contribution in [0.25, 0.3) is 0 Å². The molecule has 1 unspecified atom stereocenters. The molecule has 14 heavy (non-hydrogen) atoms. The summed E-state index contributed by atoms with van der Waals surface area (Å²) in [5, 5.41) is 8.20. The van der Waals surface area contributed by atoms with Gasteiger partial charge in [0.15, 0.2) is 0 Å². The Morgan fingerprint density at radius 1 is 1.36 bits per heavy atom. The molecule has 0 amide bonds. The fraction of sp³-hybridized carbons (Fsp3) is 0.222. The summed E-state index contributed by atoms with van der Waals surface area (Å²) >= 11 is 0. The van der Waals surface area contributed by atoms with E-state index >= 15 is 0 Å². The Balaban J connectivity index is 0.000000292. The summed E-state index contributed by atoms with van der Waals surface area (Å²) in [4.78, 5) is 17.9. The van der Waals surface area contributed by atoms with Gasteiger partial charge in [-0.15, -0.1) is 0 Å². The Bertz CT molecular complexity index is 297. The summed E-state index contributed by atoms with van der Waals surface area (Å²) in [5.74, 6) is -0.745. The van der Waals surface area contributed by atoms with Crippen molar-refractivity contribution in [3.05, 3.63) is 30.3 Å². The largest absolute Gasteiger partial charge is 0.546 e. The zero-order chi connectivity index (χ0) is 11.0. The van der Waals surface area contributed by atoms with Gasteiger partial charge < -0.3 is 5.11 Å². The van der Waals surface area contributed by atoms with Crippen molar-refractivity contribution in [1.82, 2.24) is 0 Å². The van der Waals surface area contributed by atoms with E-state index in [1.54, 1.807) is 31.2 Å². The molecule has 1 aromatic rings. The summed E-state index contributed by atoms with van der Waals surface area (Å²) in [5.41, 5.74) is 0. The minimum absolute atomic E-state index is 0.222. The average Bonchev–Trinajstić information content (AvgIpc) is 2.20. The third-order valence-corrected chi connectivity index (χ3v) is 2.02. The molecule has 5 heteroatoms. The Labute approximate surface area is 83.1 Å². The first-order valence-electron chi connectivity index (χ1n) is 4.01. The molecule has 0 fully saturated rings. The van der Waals surface area contributed by atoms with Crippen molar-refractivity contribution in [2.24, 2.45) is 0 Å². The van der Waals surface area contributed by atoms with E-state index in [2.05, 4.69) is 0 Å². The molecule has 2 N–H and O–H groups in total. The molecule has 4 nitrogen and oxygen atoms in total. The number of hydrogen-bond acceptors (Lipinski definition) is 2. The topological polar surface area (TPSA) is 74.6 Å². The van der Waals surface area contributed by atoms with Crippen LogP contribution < -0.4 is 5.30 Å². The molecule has 0 aliphatic rings. The Morgan fingerprint density at radius 2 is 1.79 bits per heavy atom. The van der Waals surface area contributed by atoms with E-state index < -0.39 is 14.0 Å². The lowest BCUT2D eigenvalue weighted by Gasteiger charge is -1.77. The van der Waals surface area contributed by atoms with E-state index in [4.69, 9.17) is 10.00 Å². The number of carbonyl (C=O) groups is 1. The minimum Gasteiger partial charge on any atom is -0.481 e. The molecule has 0 heterocycles. The van der Waals surface area contributed by atoms with Crippen molar-refractivity contribution in [1.29, 1.82) is 0 Å². The second kappa shape index (κ2) is 7.18. The van der Waals surface area contributed by atoms with Crippen LogP contribution in [0.2, 0.25) is 0 Å². The van der Waals surface area contributed by atoms with Crippen LogP contribution in [0.1, 0.15) is 13.3 Å². The molecule has 76 valence electrons. The first-order chi connectivity index (χ1) is 6.57. The van der Waals surface area contributed by atoms with Crippen molar-refractivity contribution < 1.29 is 19.4 Å². The van der Waals surface area contributed by atoms with Gasteiger partial charge in [-0.3, -0.25) is 4.79 Å². The third-order valence-electron chi connectivity index (χ3n) is 1.28. The van der Waals surface area contributed by atoms with Gasteiger partial charge in [0, 0.05) is 6.42 Å². The van der Waals surface area contributed by atoms with Gasteiger partial charge in [0.25, 0.3) is 0 Å². The van der Waals surface area contributed by atoms with Gasteiger partial charge in [-0.25, -0.2) is 0 Å². The van der Waals surface area contributed by atoms with Crippen molar-refractivity contribution in [3.63, 3.8) is 0 Å². The molecule has 1 atom stereocenters. The maximum Gasteiger partial charge on any atom is 0.546 e. The summed E-state index contributed by atoms with van der Waals surface area (Å²) in [6.45, 7) is 1.60. The average molecular weight is 215 g/mol. The van der Waals surface area contributed by atoms with Crippen molar-refractivity contribution in [3.8, 4) is 0 Å². The van der Waals surface area contributed by atoms with Crippen LogP contribution in [0, 0.1) is 0 Å². The van der Waals surface area contributed by atoms with Gasteiger partial charge in [0.1, 0.15) is 0 Å². The highest BCUT2D eigenvalue weighted by Crippen LogP contribution is 2.10. The fourth-order valence-electron chi connectivity index (χ4n) is 0.556. The first kappa shape index (κ1) is 12.8. The SMILES string of the molecule is CCC(=O)O.O=[P+](O)c1ccccc1. The Hall–Kier alpha value is -1.25. The lowest BCUT2D eigenvalue weighted by molar-refractivity contribution is -0.136. The molecule has 0 aliphatic carbocycles. The van der Waals surface area contributed by atoms with E-state index in [0.717, 1.165) is 0 Å². The van der Waals surface area contributed by atoms with Gasteiger partial charge in [-0.1, -0.05) is 25.1 Å². The quantitative estimate of drug-likeness (QED) is 0.733. The minimum atomic E-state index is -2.15. The lowest BCUT2D eigenvalue weighted by atomic mass is 10.4. The molecule has 0 radical (unpaired) electrons. The highest BCUT2D eigenvalue weighted by Gasteiger charge is 2.12. The van der Waals surface area contributed by atoms with E-state index in [1.165, 1.54) is 0 Å². The van der Waals surface area contributed by atoms with Crippen LogP contribution in [-0.2, 0) is 9.36 Å². The summed E-state index contributed by atoms with van der Waals surface area (Å²) in [6.07, 6.45) is 0.222. The highest BCUT2D eigenvalue weighted by molar-refractivity contribution is 7.47. The number of aliphatic carboxylic acids is 1. The van der Waals surface area contributed by atoms with Crippen LogP contribution in [0.5, 0.6) is 0 Å². The zero-order valence-electron chi connectivity index (χ0n) is 7.75. The van der Waals surface area contributed by atoms with Crippen molar-refractivity contribution in [2.45, 2.75) is 13.3 Å². The van der Waals surface area contributed by atoms with Crippen LogP contribution in [0.3, 0.4) is 0 Å². The molecular formula is C9H12O4P+. The van der Waals surface area contributed by atoms with Crippen LogP contribution >= 0.6 is 8.03 Å². The van der Waals surface area contributed by atoms with Crippen LogP contribution in [0.4, 0.5) is 0 Å². The predicted octanol–water partition coefficient (Wildman–Crippen LogP) is 1.53. The standard InChI is InChI=1S/C6H5O2P.C3H6O2/c7-9(8)6-4-2-1-3-5-6;1-2-3(4)5/h1-5H;2H2,1H3,(H,4,5)/p+1. The smallest absolute Gasteiger partial charge is 0.481 e. The van der Waals surface area contributed by atoms with Crippen molar-refractivity contribution >= 4 is 19.3 Å². The second-order valence-corrected chi connectivity index (χ2v) is 3.42. The molecule has 0 bridgehead atoms. The monoisotopic (exact) mass is 215 g/mol. The maximum absolute atomic E-state index is 10.3. The molecular weight excluding hydrogens is 203 g/mol. The molecule has 0 aliphatic heterocycles. The van der Waals surface area contributed by atoms with Crippen molar-refractivity contribution in [2.75, 3.05) is 0 Å². The molecule has 0 spiro atoms. The summed E-state index contributed by atoms with van der Waals surface area (Å²) in [6, 6.07) is 8.53. The van der Waals surface area contributed by atoms with E-state index in [0.29, 0.717) is 5.30 Å². The summed E-state index contributed by atoms with van der Waals surface area (Å²) in [7, 11) is -2.15. The maximum atomic E-state index is 10.3. The van der Waals surface area contributed by atoms with Crippen LogP contribution in [-0.4, -0.2) is 16.0 Å². The normalized spacial score (nSPS) is 9.71. The first-order valence-corrected chi connectivity index (χ1v) is 5.22. The molecule has 0 aromatic heterocycles. The number of carboxylic acids is 1. The van der Waals surface area contributed by atoms with Gasteiger partial charge in [0.2, 0.25) is 5.30 Å². The number of hydrogen-bond donors (Lipinski definition) is 2. The van der Waals surface area contributed by atoms with Gasteiger partial charge >= 0.3 is 14.0 Å². The second-order valence-electron chi connectivity index (χ2n) is 2.36. The van der Waals surface area contributed by atoms with E-state index in [-0.39, 0.29) is 6.42 Å². The van der Waals surface area contributed by atoms with Gasteiger partial charge in [-0.05, 0) is 16.7 Å².